The highest BCUT2D eigenvalue weighted by Gasteiger charge is 2.13. The third kappa shape index (κ3) is 3.43. The quantitative estimate of drug-likeness (QED) is 0.865. The summed E-state index contributed by atoms with van der Waals surface area (Å²) in [4.78, 5) is 0. The number of halogens is 1. The monoisotopic (exact) mass is 255 g/mol. The highest BCUT2D eigenvalue weighted by molar-refractivity contribution is 9.10. The van der Waals surface area contributed by atoms with Crippen LogP contribution in [0.2, 0.25) is 0 Å². The molecule has 0 fully saturated rings. The van der Waals surface area contributed by atoms with Crippen LogP contribution in [-0.2, 0) is 6.54 Å². The normalized spacial score (nSPS) is 11.7. The lowest BCUT2D eigenvalue weighted by molar-refractivity contribution is 0.374. The van der Waals surface area contributed by atoms with Gasteiger partial charge in [-0.25, -0.2) is 0 Å². The molecule has 0 saturated heterocycles. The van der Waals surface area contributed by atoms with Crippen molar-refractivity contribution in [3.05, 3.63) is 34.3 Å². The van der Waals surface area contributed by atoms with Gasteiger partial charge in [0.05, 0.1) is 0 Å². The van der Waals surface area contributed by atoms with Crippen LogP contribution in [0.1, 0.15) is 32.8 Å². The van der Waals surface area contributed by atoms with Gasteiger partial charge in [-0.3, -0.25) is 0 Å². The Balaban J connectivity index is 2.58. The molecular weight excluding hydrogens is 238 g/mol. The maximum absolute atomic E-state index is 3.55. The van der Waals surface area contributed by atoms with Crippen molar-refractivity contribution in [3.8, 4) is 0 Å². The van der Waals surface area contributed by atoms with E-state index in [1.807, 2.05) is 6.07 Å². The molecule has 1 rings (SSSR count). The fraction of sp³-hybridized carbons (Fsp3) is 0.500. The summed E-state index contributed by atoms with van der Waals surface area (Å²) in [6.45, 7) is 7.57. The topological polar surface area (TPSA) is 12.0 Å². The van der Waals surface area contributed by atoms with E-state index in [2.05, 4.69) is 60.2 Å². The van der Waals surface area contributed by atoms with E-state index in [0.29, 0.717) is 0 Å². The van der Waals surface area contributed by atoms with Gasteiger partial charge in [0.25, 0.3) is 0 Å². The first-order valence-electron chi connectivity index (χ1n) is 5.03. The molecule has 1 nitrogen and oxygen atoms in total. The first kappa shape index (κ1) is 11.7. The summed E-state index contributed by atoms with van der Waals surface area (Å²) in [5.41, 5.74) is 1.53. The zero-order valence-electron chi connectivity index (χ0n) is 9.10. The Hall–Kier alpha value is -0.340. The largest absolute Gasteiger partial charge is 0.308 e. The lowest BCUT2D eigenvalue weighted by atomic mass is 10.0. The van der Waals surface area contributed by atoms with Crippen molar-refractivity contribution in [2.75, 3.05) is 0 Å². The zero-order valence-corrected chi connectivity index (χ0v) is 10.7. The van der Waals surface area contributed by atoms with Crippen molar-refractivity contribution < 1.29 is 0 Å². The summed E-state index contributed by atoms with van der Waals surface area (Å²) in [6.07, 6.45) is 1.14. The molecular formula is C12H18BrN. The van der Waals surface area contributed by atoms with E-state index in [-0.39, 0.29) is 5.54 Å². The first-order valence-corrected chi connectivity index (χ1v) is 5.83. The van der Waals surface area contributed by atoms with Crippen molar-refractivity contribution in [2.45, 2.75) is 39.3 Å². The van der Waals surface area contributed by atoms with E-state index in [4.69, 9.17) is 0 Å². The minimum atomic E-state index is 0.218. The van der Waals surface area contributed by atoms with Crippen LogP contribution in [0.25, 0.3) is 0 Å². The van der Waals surface area contributed by atoms with E-state index >= 15 is 0 Å². The minimum Gasteiger partial charge on any atom is -0.308 e. The van der Waals surface area contributed by atoms with E-state index in [1.165, 1.54) is 10.0 Å². The highest BCUT2D eigenvalue weighted by Crippen LogP contribution is 2.17. The lowest BCUT2D eigenvalue weighted by Crippen LogP contribution is -2.37. The van der Waals surface area contributed by atoms with Crippen LogP contribution in [0.3, 0.4) is 0 Å². The maximum Gasteiger partial charge on any atom is 0.0221 e. The fourth-order valence-electron chi connectivity index (χ4n) is 1.10. The molecule has 0 radical (unpaired) electrons. The van der Waals surface area contributed by atoms with E-state index in [9.17, 15) is 0 Å². The average molecular weight is 256 g/mol. The van der Waals surface area contributed by atoms with Crippen molar-refractivity contribution >= 4 is 15.9 Å². The lowest BCUT2D eigenvalue weighted by Gasteiger charge is -2.24. The van der Waals surface area contributed by atoms with Gasteiger partial charge < -0.3 is 5.32 Å². The van der Waals surface area contributed by atoms with Gasteiger partial charge in [-0.2, -0.15) is 0 Å². The van der Waals surface area contributed by atoms with E-state index < -0.39 is 0 Å². The second-order valence-corrected chi connectivity index (χ2v) is 5.04. The molecule has 0 heterocycles. The van der Waals surface area contributed by atoms with Crippen LogP contribution < -0.4 is 5.32 Å². The van der Waals surface area contributed by atoms with Gasteiger partial charge in [-0.15, -0.1) is 0 Å². The predicted molar refractivity (Wildman–Crippen MR) is 65.4 cm³/mol. The number of benzene rings is 1. The second kappa shape index (κ2) is 4.94. The molecule has 0 amide bonds. The number of nitrogens with one attached hydrogen (secondary N) is 1. The third-order valence-corrected chi connectivity index (χ3v) is 3.37. The van der Waals surface area contributed by atoms with E-state index in [1.54, 1.807) is 0 Å². The standard InChI is InChI=1S/C12H18BrN/c1-4-12(2,3)14-9-10-7-5-6-8-11(10)13/h5-8,14H,4,9H2,1-3H3. The summed E-state index contributed by atoms with van der Waals surface area (Å²) < 4.78 is 1.18. The molecule has 78 valence electrons. The molecule has 0 aliphatic heterocycles. The third-order valence-electron chi connectivity index (χ3n) is 2.60. The molecule has 1 aromatic carbocycles. The molecule has 0 aliphatic rings. The van der Waals surface area contributed by atoms with Gasteiger partial charge >= 0.3 is 0 Å². The highest BCUT2D eigenvalue weighted by atomic mass is 79.9. The Morgan fingerprint density at radius 3 is 2.50 bits per heavy atom. The fourth-order valence-corrected chi connectivity index (χ4v) is 1.53. The van der Waals surface area contributed by atoms with Gasteiger partial charge in [0.15, 0.2) is 0 Å². The smallest absolute Gasteiger partial charge is 0.0221 e. The molecule has 0 bridgehead atoms. The molecule has 0 spiro atoms. The molecule has 0 unspecified atom stereocenters. The van der Waals surface area contributed by atoms with Crippen molar-refractivity contribution in [1.29, 1.82) is 0 Å². The SMILES string of the molecule is CCC(C)(C)NCc1ccccc1Br. The molecule has 14 heavy (non-hydrogen) atoms. The Morgan fingerprint density at radius 1 is 1.29 bits per heavy atom. The second-order valence-electron chi connectivity index (χ2n) is 4.18. The Labute approximate surface area is 95.0 Å². The number of hydrogen-bond donors (Lipinski definition) is 1. The Bertz CT molecular complexity index is 294. The van der Waals surface area contributed by atoms with Crippen molar-refractivity contribution in [3.63, 3.8) is 0 Å². The van der Waals surface area contributed by atoms with Crippen LogP contribution in [0, 0.1) is 0 Å². The molecule has 2 heteroatoms. The number of hydrogen-bond acceptors (Lipinski definition) is 1. The van der Waals surface area contributed by atoms with Gasteiger partial charge in [0.1, 0.15) is 0 Å². The van der Waals surface area contributed by atoms with Gasteiger partial charge in [-0.05, 0) is 31.9 Å². The zero-order chi connectivity index (χ0) is 10.6. The summed E-state index contributed by atoms with van der Waals surface area (Å²) in [5, 5.41) is 3.54. The summed E-state index contributed by atoms with van der Waals surface area (Å²) in [7, 11) is 0. The molecule has 0 aromatic heterocycles. The molecule has 0 saturated carbocycles. The van der Waals surface area contributed by atoms with Gasteiger partial charge in [-0.1, -0.05) is 41.1 Å². The Kier molecular flexibility index (Phi) is 4.14. The molecule has 0 aliphatic carbocycles. The molecule has 1 N–H and O–H groups in total. The Morgan fingerprint density at radius 2 is 1.93 bits per heavy atom. The van der Waals surface area contributed by atoms with Crippen LogP contribution in [-0.4, -0.2) is 5.54 Å². The molecule has 1 aromatic rings. The summed E-state index contributed by atoms with van der Waals surface area (Å²) >= 11 is 3.55. The van der Waals surface area contributed by atoms with E-state index in [0.717, 1.165) is 13.0 Å². The van der Waals surface area contributed by atoms with Crippen LogP contribution in [0.15, 0.2) is 28.7 Å². The van der Waals surface area contributed by atoms with Gasteiger partial charge in [0.2, 0.25) is 0 Å². The van der Waals surface area contributed by atoms with Crippen molar-refractivity contribution in [1.82, 2.24) is 5.32 Å². The van der Waals surface area contributed by atoms with Crippen molar-refractivity contribution in [2.24, 2.45) is 0 Å². The average Bonchev–Trinajstić information content (AvgIpc) is 2.17. The summed E-state index contributed by atoms with van der Waals surface area (Å²) in [5.74, 6) is 0. The number of rotatable bonds is 4. The van der Waals surface area contributed by atoms with Crippen LogP contribution in [0.4, 0.5) is 0 Å². The van der Waals surface area contributed by atoms with Gasteiger partial charge in [0, 0.05) is 16.6 Å². The predicted octanol–water partition coefficient (Wildman–Crippen LogP) is 3.73. The van der Waals surface area contributed by atoms with Crippen LogP contribution >= 0.6 is 15.9 Å². The molecule has 0 atom stereocenters. The van der Waals surface area contributed by atoms with Crippen LogP contribution in [0.5, 0.6) is 0 Å². The maximum atomic E-state index is 3.55. The summed E-state index contributed by atoms with van der Waals surface area (Å²) in [6, 6.07) is 8.33. The minimum absolute atomic E-state index is 0.218. The first-order chi connectivity index (χ1) is 6.55.